The molecule has 0 radical (unpaired) electrons. The van der Waals surface area contributed by atoms with Crippen LogP contribution in [-0.4, -0.2) is 49.6 Å². The number of aromatic nitrogens is 2. The van der Waals surface area contributed by atoms with Crippen LogP contribution in [0.15, 0.2) is 29.1 Å². The Labute approximate surface area is 253 Å². The third-order valence-corrected chi connectivity index (χ3v) is 8.30. The zero-order valence-electron chi connectivity index (χ0n) is 25.1. The van der Waals surface area contributed by atoms with Crippen molar-refractivity contribution in [3.63, 3.8) is 0 Å². The number of hydrogen-bond donors (Lipinski definition) is 3. The van der Waals surface area contributed by atoms with Gasteiger partial charge in [0.05, 0.1) is 35.4 Å². The molecule has 232 valence electrons. The van der Waals surface area contributed by atoms with Crippen molar-refractivity contribution >= 4 is 34.7 Å². The maximum Gasteiger partial charge on any atom is 0.355 e. The SMILES string of the molecule is CCc1c2c(nc3ccc(O)cc13)-c1cc3c(c(=O)n1C2)COC(=O)C3(CC)OC(=O)CCC(=O)NC(CC(C)C)C(=O)O. The number of pyridine rings is 2. The second-order valence-electron chi connectivity index (χ2n) is 11.6. The van der Waals surface area contributed by atoms with Crippen molar-refractivity contribution in [1.29, 1.82) is 0 Å². The summed E-state index contributed by atoms with van der Waals surface area (Å²) < 4.78 is 12.7. The van der Waals surface area contributed by atoms with Gasteiger partial charge >= 0.3 is 17.9 Å². The van der Waals surface area contributed by atoms with Crippen molar-refractivity contribution in [3.8, 4) is 17.1 Å². The predicted molar refractivity (Wildman–Crippen MR) is 158 cm³/mol. The number of aliphatic carboxylic acids is 1. The van der Waals surface area contributed by atoms with E-state index in [1.807, 2.05) is 20.8 Å². The minimum absolute atomic E-state index is 0.0246. The van der Waals surface area contributed by atoms with Crippen LogP contribution in [-0.2, 0) is 53.8 Å². The highest BCUT2D eigenvalue weighted by atomic mass is 16.6. The lowest BCUT2D eigenvalue weighted by molar-refractivity contribution is -0.189. The van der Waals surface area contributed by atoms with E-state index in [2.05, 4.69) is 5.32 Å². The summed E-state index contributed by atoms with van der Waals surface area (Å²) in [6, 6.07) is 5.47. The molecule has 1 amide bonds. The average molecular weight is 606 g/mol. The number of hydrogen-bond acceptors (Lipinski definition) is 9. The number of nitrogens with one attached hydrogen (secondary N) is 1. The van der Waals surface area contributed by atoms with Gasteiger partial charge in [-0.3, -0.25) is 14.4 Å². The minimum atomic E-state index is -1.92. The summed E-state index contributed by atoms with van der Waals surface area (Å²) in [5, 5.41) is 22.7. The highest BCUT2D eigenvalue weighted by molar-refractivity contribution is 5.91. The molecule has 3 N–H and O–H groups in total. The highest BCUT2D eigenvalue weighted by Gasteiger charge is 2.50. The van der Waals surface area contributed by atoms with E-state index in [1.54, 1.807) is 35.8 Å². The van der Waals surface area contributed by atoms with Crippen LogP contribution in [0.25, 0.3) is 22.3 Å². The average Bonchev–Trinajstić information content (AvgIpc) is 3.34. The maximum atomic E-state index is 13.8. The van der Waals surface area contributed by atoms with Crippen molar-refractivity contribution < 1.29 is 38.9 Å². The Hall–Kier alpha value is -4.74. The van der Waals surface area contributed by atoms with E-state index in [-0.39, 0.29) is 55.2 Å². The molecular formula is C32H35N3O9. The molecule has 0 spiro atoms. The van der Waals surface area contributed by atoms with E-state index in [0.717, 1.165) is 16.5 Å². The number of benzene rings is 1. The van der Waals surface area contributed by atoms with Gasteiger partial charge in [0.15, 0.2) is 0 Å². The lowest BCUT2D eigenvalue weighted by Gasteiger charge is -2.35. The number of carboxylic acids is 1. The number of phenols is 1. The van der Waals surface area contributed by atoms with Gasteiger partial charge < -0.3 is 29.6 Å². The molecule has 3 aromatic rings. The first kappa shape index (κ1) is 30.7. The van der Waals surface area contributed by atoms with Gasteiger partial charge in [0.2, 0.25) is 11.5 Å². The van der Waals surface area contributed by atoms with E-state index in [0.29, 0.717) is 23.3 Å². The Kier molecular flexibility index (Phi) is 8.19. The standard InChI is InChI=1S/C32H35N3O9/c1-5-18-19-12-17(36)7-8-23(19)34-28-20(18)14-35-25(28)13-22-21(29(35)39)15-43-31(42)32(22,6-2)44-27(38)10-9-26(37)33-24(30(40)41)11-16(3)4/h7-8,12-13,16,24,36H,5-6,9-11,14-15H2,1-4H3,(H,33,37)(H,40,41). The Morgan fingerprint density at radius 3 is 2.55 bits per heavy atom. The molecule has 44 heavy (non-hydrogen) atoms. The highest BCUT2D eigenvalue weighted by Crippen LogP contribution is 2.42. The molecule has 0 saturated heterocycles. The van der Waals surface area contributed by atoms with Gasteiger partial charge in [-0.15, -0.1) is 0 Å². The molecule has 2 aliphatic rings. The normalized spacial score (nSPS) is 17.4. The van der Waals surface area contributed by atoms with E-state index >= 15 is 0 Å². The van der Waals surface area contributed by atoms with Gasteiger partial charge in [-0.1, -0.05) is 27.7 Å². The molecule has 2 aliphatic heterocycles. The monoisotopic (exact) mass is 605 g/mol. The predicted octanol–water partition coefficient (Wildman–Crippen LogP) is 3.29. The van der Waals surface area contributed by atoms with Gasteiger partial charge in [-0.25, -0.2) is 14.6 Å². The van der Waals surface area contributed by atoms with E-state index < -0.39 is 47.4 Å². The van der Waals surface area contributed by atoms with Crippen molar-refractivity contribution in [2.24, 2.45) is 5.92 Å². The summed E-state index contributed by atoms with van der Waals surface area (Å²) >= 11 is 0. The number of carbonyl (C=O) groups is 4. The van der Waals surface area contributed by atoms with Gasteiger partial charge in [-0.05, 0) is 55.0 Å². The second-order valence-corrected chi connectivity index (χ2v) is 11.6. The largest absolute Gasteiger partial charge is 0.508 e. The van der Waals surface area contributed by atoms with Gasteiger partial charge in [-0.2, -0.15) is 0 Å². The number of aromatic hydroxyl groups is 1. The van der Waals surface area contributed by atoms with Crippen LogP contribution in [0.5, 0.6) is 5.75 Å². The van der Waals surface area contributed by atoms with Crippen molar-refractivity contribution in [3.05, 3.63) is 56.9 Å². The number of ether oxygens (including phenoxy) is 2. The molecule has 4 heterocycles. The number of rotatable bonds is 10. The molecule has 5 rings (SSSR count). The molecular weight excluding hydrogens is 570 g/mol. The lowest BCUT2D eigenvalue weighted by Crippen LogP contribution is -2.47. The van der Waals surface area contributed by atoms with Gasteiger partial charge in [0.1, 0.15) is 18.4 Å². The number of amides is 1. The third-order valence-electron chi connectivity index (χ3n) is 8.30. The van der Waals surface area contributed by atoms with E-state index in [9.17, 15) is 34.2 Å². The van der Waals surface area contributed by atoms with Crippen LogP contribution in [0.3, 0.4) is 0 Å². The number of fused-ring (bicyclic) bond motifs is 5. The molecule has 12 heteroatoms. The summed E-state index contributed by atoms with van der Waals surface area (Å²) in [5.74, 6) is -3.38. The number of carboxylic acid groups (broad SMARTS) is 1. The minimum Gasteiger partial charge on any atom is -0.508 e. The molecule has 0 aliphatic carbocycles. The van der Waals surface area contributed by atoms with Crippen LogP contribution in [0.2, 0.25) is 0 Å². The topological polar surface area (TPSA) is 174 Å². The fourth-order valence-electron chi connectivity index (χ4n) is 6.13. The molecule has 1 aromatic carbocycles. The third kappa shape index (κ3) is 5.29. The zero-order chi connectivity index (χ0) is 31.9. The lowest BCUT2D eigenvalue weighted by atomic mass is 9.85. The zero-order valence-corrected chi connectivity index (χ0v) is 25.1. The number of cyclic esters (lactones) is 1. The number of phenolic OH excluding ortho intramolecular Hbond substituents is 1. The first-order chi connectivity index (χ1) is 20.9. The maximum absolute atomic E-state index is 13.8. The number of esters is 2. The van der Waals surface area contributed by atoms with Gasteiger partial charge in [0.25, 0.3) is 5.56 Å². The quantitative estimate of drug-likeness (QED) is 0.228. The molecule has 2 unspecified atom stereocenters. The van der Waals surface area contributed by atoms with Crippen LogP contribution in [0, 0.1) is 5.92 Å². The number of carbonyl (C=O) groups excluding carboxylic acids is 3. The Balaban J connectivity index is 1.47. The van der Waals surface area contributed by atoms with Crippen molar-refractivity contribution in [2.45, 2.75) is 84.6 Å². The van der Waals surface area contributed by atoms with E-state index in [4.69, 9.17) is 14.5 Å². The first-order valence-electron chi connectivity index (χ1n) is 14.7. The molecule has 12 nitrogen and oxygen atoms in total. The summed E-state index contributed by atoms with van der Waals surface area (Å²) in [6.07, 6.45) is 0.0470. The smallest absolute Gasteiger partial charge is 0.355 e. The van der Waals surface area contributed by atoms with Crippen molar-refractivity contribution in [1.82, 2.24) is 14.9 Å². The molecule has 0 bridgehead atoms. The summed E-state index contributed by atoms with van der Waals surface area (Å²) in [6.45, 7) is 7.23. The second kappa shape index (κ2) is 11.7. The molecule has 0 saturated carbocycles. The Bertz CT molecular complexity index is 1760. The van der Waals surface area contributed by atoms with Crippen LogP contribution >= 0.6 is 0 Å². The number of nitrogens with zero attached hydrogens (tertiary/aromatic N) is 2. The van der Waals surface area contributed by atoms with Crippen molar-refractivity contribution in [2.75, 3.05) is 0 Å². The summed E-state index contributed by atoms with van der Waals surface area (Å²) in [7, 11) is 0. The molecule has 2 aromatic heterocycles. The fourth-order valence-corrected chi connectivity index (χ4v) is 6.13. The van der Waals surface area contributed by atoms with Gasteiger partial charge in [0, 0.05) is 22.9 Å². The molecule has 0 fully saturated rings. The molecule has 2 atom stereocenters. The number of aryl methyl sites for hydroxylation is 1. The van der Waals surface area contributed by atoms with Crippen LogP contribution in [0.4, 0.5) is 0 Å². The summed E-state index contributed by atoms with van der Waals surface area (Å²) in [4.78, 5) is 69.0. The Morgan fingerprint density at radius 2 is 1.89 bits per heavy atom. The van der Waals surface area contributed by atoms with Crippen LogP contribution < -0.4 is 10.9 Å². The first-order valence-corrected chi connectivity index (χ1v) is 14.7. The Morgan fingerprint density at radius 1 is 1.14 bits per heavy atom. The summed E-state index contributed by atoms with van der Waals surface area (Å²) in [5.41, 5.74) is 1.55. The van der Waals surface area contributed by atoms with Crippen LogP contribution in [0.1, 0.15) is 75.6 Å². The fraction of sp³-hybridized carbons (Fsp3) is 0.438. The van der Waals surface area contributed by atoms with E-state index in [1.165, 1.54) is 0 Å².